The van der Waals surface area contributed by atoms with E-state index in [9.17, 15) is 14.4 Å². The van der Waals surface area contributed by atoms with Gasteiger partial charge in [0, 0.05) is 19.3 Å². The molecule has 59 heavy (non-hydrogen) atoms. The van der Waals surface area contributed by atoms with Gasteiger partial charge in [-0.2, -0.15) is 0 Å². The van der Waals surface area contributed by atoms with E-state index in [2.05, 4.69) is 34.6 Å². The topological polar surface area (TPSA) is 78.9 Å². The fraction of sp³-hybridized carbons (Fsp3) is 0.943. The molecule has 0 heterocycles. The molecule has 0 aliphatic heterocycles. The summed E-state index contributed by atoms with van der Waals surface area (Å²) in [7, 11) is 0. The fourth-order valence-electron chi connectivity index (χ4n) is 7.96. The predicted octanol–water partition coefficient (Wildman–Crippen LogP) is 16.9. The molecule has 0 saturated carbocycles. The summed E-state index contributed by atoms with van der Waals surface area (Å²) in [4.78, 5) is 37.9. The van der Waals surface area contributed by atoms with Crippen LogP contribution in [0.25, 0.3) is 0 Å². The molecule has 0 rings (SSSR count). The first-order valence-corrected chi connectivity index (χ1v) is 26.3. The summed E-state index contributed by atoms with van der Waals surface area (Å²) in [6.45, 7) is 11.3. The van der Waals surface area contributed by atoms with E-state index >= 15 is 0 Å². The Hall–Kier alpha value is -1.59. The molecule has 0 N–H and O–H groups in total. The quantitative estimate of drug-likeness (QED) is 0.0345. The number of carbonyl (C=O) groups is 3. The minimum absolute atomic E-state index is 0.0645. The normalized spacial score (nSPS) is 12.5. The summed E-state index contributed by atoms with van der Waals surface area (Å²) in [5.41, 5.74) is 0. The molecule has 0 aliphatic carbocycles. The molecule has 0 saturated heterocycles. The molecule has 0 bridgehead atoms. The zero-order valence-electron chi connectivity index (χ0n) is 40.4. The Morgan fingerprint density at radius 1 is 0.356 bits per heavy atom. The first-order chi connectivity index (χ1) is 28.8. The Balaban J connectivity index is 4.26. The lowest BCUT2D eigenvalue weighted by Gasteiger charge is -2.18. The van der Waals surface area contributed by atoms with Gasteiger partial charge in [0.15, 0.2) is 6.10 Å². The van der Waals surface area contributed by atoms with Gasteiger partial charge in [-0.3, -0.25) is 14.4 Å². The highest BCUT2D eigenvalue weighted by atomic mass is 16.6. The lowest BCUT2D eigenvalue weighted by molar-refractivity contribution is -0.167. The molecule has 6 heteroatoms. The summed E-state index contributed by atoms with van der Waals surface area (Å²) >= 11 is 0. The van der Waals surface area contributed by atoms with Crippen LogP contribution in [0, 0.1) is 11.8 Å². The highest BCUT2D eigenvalue weighted by Crippen LogP contribution is 2.18. The van der Waals surface area contributed by atoms with Crippen molar-refractivity contribution in [2.24, 2.45) is 11.8 Å². The Labute approximate surface area is 368 Å². The standard InChI is InChI=1S/C53H102O6/c1-6-8-9-10-11-12-13-14-15-16-17-18-19-20-24-27-33-38-43-51(54)57-46-50(47-58-52(55)44-39-34-30-29-32-37-42-49(5)7-2)59-53(56)45-40-35-28-25-22-21-23-26-31-36-41-48(3)4/h48-50H,6-47H2,1-5H3/t49?,50-/m0/s1. The van der Waals surface area contributed by atoms with Crippen molar-refractivity contribution in [3.63, 3.8) is 0 Å². The van der Waals surface area contributed by atoms with Gasteiger partial charge in [-0.1, -0.05) is 253 Å². The molecule has 0 aromatic carbocycles. The Morgan fingerprint density at radius 3 is 0.966 bits per heavy atom. The summed E-state index contributed by atoms with van der Waals surface area (Å²) < 4.78 is 16.8. The number of hydrogen-bond donors (Lipinski definition) is 0. The van der Waals surface area contributed by atoms with Crippen molar-refractivity contribution in [3.05, 3.63) is 0 Å². The fourth-order valence-corrected chi connectivity index (χ4v) is 7.96. The van der Waals surface area contributed by atoms with Gasteiger partial charge in [0.05, 0.1) is 0 Å². The smallest absolute Gasteiger partial charge is 0.306 e. The van der Waals surface area contributed by atoms with E-state index < -0.39 is 6.10 Å². The molecule has 0 aromatic rings. The van der Waals surface area contributed by atoms with Crippen molar-refractivity contribution < 1.29 is 28.6 Å². The highest BCUT2D eigenvalue weighted by molar-refractivity contribution is 5.71. The zero-order valence-corrected chi connectivity index (χ0v) is 40.4. The van der Waals surface area contributed by atoms with Crippen LogP contribution in [-0.2, 0) is 28.6 Å². The number of unbranched alkanes of at least 4 members (excludes halogenated alkanes) is 31. The minimum atomic E-state index is -0.762. The van der Waals surface area contributed by atoms with E-state index in [0.717, 1.165) is 69.6 Å². The van der Waals surface area contributed by atoms with Gasteiger partial charge < -0.3 is 14.2 Å². The summed E-state index contributed by atoms with van der Waals surface area (Å²) in [5, 5.41) is 0. The van der Waals surface area contributed by atoms with Gasteiger partial charge in [0.25, 0.3) is 0 Å². The predicted molar refractivity (Wildman–Crippen MR) is 252 cm³/mol. The number of carbonyl (C=O) groups excluding carboxylic acids is 3. The molecule has 1 unspecified atom stereocenters. The average molecular weight is 835 g/mol. The molecule has 0 aliphatic rings. The number of ether oxygens (including phenoxy) is 3. The summed E-state index contributed by atoms with van der Waals surface area (Å²) in [5.74, 6) is 0.779. The second kappa shape index (κ2) is 45.9. The number of rotatable bonds is 47. The Kier molecular flexibility index (Phi) is 44.7. The lowest BCUT2D eigenvalue weighted by atomic mass is 10.00. The van der Waals surface area contributed by atoms with Gasteiger partial charge in [0.1, 0.15) is 13.2 Å². The number of hydrogen-bond acceptors (Lipinski definition) is 6. The van der Waals surface area contributed by atoms with Crippen LogP contribution >= 0.6 is 0 Å². The third-order valence-corrected chi connectivity index (χ3v) is 12.3. The van der Waals surface area contributed by atoms with Crippen LogP contribution in [0.5, 0.6) is 0 Å². The monoisotopic (exact) mass is 835 g/mol. The molecule has 0 radical (unpaired) electrons. The third kappa shape index (κ3) is 45.8. The maximum absolute atomic E-state index is 12.8. The van der Waals surface area contributed by atoms with Crippen LogP contribution < -0.4 is 0 Å². The van der Waals surface area contributed by atoms with Gasteiger partial charge >= 0.3 is 17.9 Å². The van der Waals surface area contributed by atoms with Crippen LogP contribution in [0.4, 0.5) is 0 Å². The largest absolute Gasteiger partial charge is 0.462 e. The first kappa shape index (κ1) is 57.4. The first-order valence-electron chi connectivity index (χ1n) is 26.3. The van der Waals surface area contributed by atoms with Crippen molar-refractivity contribution in [1.82, 2.24) is 0 Å². The second-order valence-corrected chi connectivity index (χ2v) is 18.9. The summed E-state index contributed by atoms with van der Waals surface area (Å²) in [6.07, 6.45) is 46.7. The van der Waals surface area contributed by atoms with Crippen molar-refractivity contribution in [2.45, 2.75) is 298 Å². The number of esters is 3. The van der Waals surface area contributed by atoms with Gasteiger partial charge in [-0.15, -0.1) is 0 Å². The van der Waals surface area contributed by atoms with Crippen molar-refractivity contribution >= 4 is 17.9 Å². The van der Waals surface area contributed by atoms with E-state index in [-0.39, 0.29) is 31.1 Å². The van der Waals surface area contributed by atoms with Gasteiger partial charge in [0.2, 0.25) is 0 Å². The molecule has 2 atom stereocenters. The second-order valence-electron chi connectivity index (χ2n) is 18.9. The molecule has 0 amide bonds. The van der Waals surface area contributed by atoms with Gasteiger partial charge in [-0.25, -0.2) is 0 Å². The average Bonchev–Trinajstić information content (AvgIpc) is 3.22. The molecule has 0 spiro atoms. The van der Waals surface area contributed by atoms with E-state index in [1.165, 1.54) is 180 Å². The molecule has 0 aromatic heterocycles. The molecule has 0 fully saturated rings. The maximum atomic E-state index is 12.8. The molecular weight excluding hydrogens is 733 g/mol. The van der Waals surface area contributed by atoms with Crippen molar-refractivity contribution in [3.8, 4) is 0 Å². The molecule has 350 valence electrons. The zero-order chi connectivity index (χ0) is 43.3. The Bertz CT molecular complexity index is 902. The SMILES string of the molecule is CCCCCCCCCCCCCCCCCCCCC(=O)OC[C@@H](COC(=O)CCCCCCCCC(C)CC)OC(=O)CCCCCCCCCCCCC(C)C. The lowest BCUT2D eigenvalue weighted by Crippen LogP contribution is -2.30. The van der Waals surface area contributed by atoms with Gasteiger partial charge in [-0.05, 0) is 31.1 Å². The van der Waals surface area contributed by atoms with Crippen molar-refractivity contribution in [1.29, 1.82) is 0 Å². The van der Waals surface area contributed by atoms with Crippen LogP contribution in [0.1, 0.15) is 291 Å². The molecule has 6 nitrogen and oxygen atoms in total. The van der Waals surface area contributed by atoms with Crippen LogP contribution in [0.2, 0.25) is 0 Å². The van der Waals surface area contributed by atoms with E-state index in [4.69, 9.17) is 14.2 Å². The molecular formula is C53H102O6. The van der Waals surface area contributed by atoms with E-state index in [1.807, 2.05) is 0 Å². The van der Waals surface area contributed by atoms with Crippen LogP contribution in [0.15, 0.2) is 0 Å². The Morgan fingerprint density at radius 2 is 0.644 bits per heavy atom. The van der Waals surface area contributed by atoms with Crippen LogP contribution in [0.3, 0.4) is 0 Å². The van der Waals surface area contributed by atoms with E-state index in [1.54, 1.807) is 0 Å². The maximum Gasteiger partial charge on any atom is 0.306 e. The minimum Gasteiger partial charge on any atom is -0.462 e. The van der Waals surface area contributed by atoms with Crippen LogP contribution in [-0.4, -0.2) is 37.2 Å². The third-order valence-electron chi connectivity index (χ3n) is 12.3. The summed E-state index contributed by atoms with van der Waals surface area (Å²) in [6, 6.07) is 0. The van der Waals surface area contributed by atoms with E-state index in [0.29, 0.717) is 19.3 Å². The highest BCUT2D eigenvalue weighted by Gasteiger charge is 2.19. The van der Waals surface area contributed by atoms with Crippen molar-refractivity contribution in [2.75, 3.05) is 13.2 Å².